The molecule has 0 aromatic heterocycles. The van der Waals surface area contributed by atoms with Crippen LogP contribution in [0.2, 0.25) is 5.02 Å². The number of amides is 1. The molecule has 0 spiro atoms. The van der Waals surface area contributed by atoms with Gasteiger partial charge in [-0.25, -0.2) is 8.42 Å². The molecular formula is C19H21ClN2O3S. The predicted molar refractivity (Wildman–Crippen MR) is 104 cm³/mol. The molecule has 1 amide bonds. The zero-order valence-electron chi connectivity index (χ0n) is 14.5. The van der Waals surface area contributed by atoms with E-state index in [4.69, 9.17) is 11.6 Å². The maximum absolute atomic E-state index is 12.6. The fourth-order valence-electron chi connectivity index (χ4n) is 3.00. The van der Waals surface area contributed by atoms with E-state index in [1.165, 1.54) is 4.31 Å². The Balaban J connectivity index is 1.81. The molecule has 0 aliphatic carbocycles. The fraction of sp³-hybridized carbons (Fsp3) is 0.316. The minimum absolute atomic E-state index is 0.129. The molecule has 1 aliphatic rings. The highest BCUT2D eigenvalue weighted by molar-refractivity contribution is 7.92. The molecule has 5 nitrogen and oxygen atoms in total. The lowest BCUT2D eigenvalue weighted by molar-refractivity contribution is 0.0951. The van der Waals surface area contributed by atoms with E-state index in [0.717, 1.165) is 17.5 Å². The Morgan fingerprint density at radius 3 is 2.69 bits per heavy atom. The van der Waals surface area contributed by atoms with Crippen LogP contribution in [0.5, 0.6) is 0 Å². The first-order valence-corrected chi connectivity index (χ1v) is 10.5. The van der Waals surface area contributed by atoms with E-state index in [2.05, 4.69) is 5.32 Å². The highest BCUT2D eigenvalue weighted by atomic mass is 35.5. The van der Waals surface area contributed by atoms with Crippen LogP contribution in [-0.2, 0) is 16.6 Å². The molecule has 0 unspecified atom stereocenters. The number of hydrogen-bond donors (Lipinski definition) is 1. The smallest absolute Gasteiger partial charge is 0.253 e. The molecule has 1 fully saturated rings. The van der Waals surface area contributed by atoms with Gasteiger partial charge in [0, 0.05) is 13.1 Å². The van der Waals surface area contributed by atoms with Crippen LogP contribution in [-0.4, -0.2) is 26.6 Å². The van der Waals surface area contributed by atoms with E-state index in [1.807, 2.05) is 31.2 Å². The summed E-state index contributed by atoms with van der Waals surface area (Å²) < 4.78 is 25.9. The average molecular weight is 393 g/mol. The average Bonchev–Trinajstić information content (AvgIpc) is 2.61. The molecule has 0 saturated carbocycles. The molecule has 1 heterocycles. The van der Waals surface area contributed by atoms with E-state index in [1.54, 1.807) is 18.2 Å². The third-order valence-electron chi connectivity index (χ3n) is 4.53. The van der Waals surface area contributed by atoms with Crippen LogP contribution in [0, 0.1) is 6.92 Å². The van der Waals surface area contributed by atoms with Gasteiger partial charge in [-0.3, -0.25) is 9.10 Å². The van der Waals surface area contributed by atoms with Gasteiger partial charge in [0.2, 0.25) is 10.0 Å². The second-order valence-electron chi connectivity index (χ2n) is 6.37. The number of rotatable bonds is 4. The largest absolute Gasteiger partial charge is 0.348 e. The van der Waals surface area contributed by atoms with Crippen LogP contribution in [0.15, 0.2) is 42.5 Å². The first-order chi connectivity index (χ1) is 12.4. The van der Waals surface area contributed by atoms with Crippen molar-refractivity contribution in [1.29, 1.82) is 0 Å². The van der Waals surface area contributed by atoms with Crippen molar-refractivity contribution in [1.82, 2.24) is 5.32 Å². The zero-order valence-corrected chi connectivity index (χ0v) is 16.1. The lowest BCUT2D eigenvalue weighted by atomic mass is 10.1. The fourth-order valence-corrected chi connectivity index (χ4v) is 4.84. The molecule has 1 saturated heterocycles. The van der Waals surface area contributed by atoms with Gasteiger partial charge in [-0.15, -0.1) is 0 Å². The summed E-state index contributed by atoms with van der Waals surface area (Å²) in [6, 6.07) is 12.6. The summed E-state index contributed by atoms with van der Waals surface area (Å²) in [5.74, 6) is -0.195. The Morgan fingerprint density at radius 1 is 1.19 bits per heavy atom. The van der Waals surface area contributed by atoms with Gasteiger partial charge in [0.05, 0.1) is 22.0 Å². The van der Waals surface area contributed by atoms with Crippen molar-refractivity contribution in [2.45, 2.75) is 26.3 Å². The molecule has 1 N–H and O–H groups in total. The van der Waals surface area contributed by atoms with Gasteiger partial charge >= 0.3 is 0 Å². The van der Waals surface area contributed by atoms with Crippen molar-refractivity contribution < 1.29 is 13.2 Å². The van der Waals surface area contributed by atoms with Crippen molar-refractivity contribution in [3.05, 3.63) is 64.2 Å². The van der Waals surface area contributed by atoms with Gasteiger partial charge in [0.25, 0.3) is 5.91 Å². The number of benzene rings is 2. The third kappa shape index (κ3) is 4.02. The number of nitrogens with zero attached hydrogens (tertiary/aromatic N) is 1. The first-order valence-electron chi connectivity index (χ1n) is 8.51. The maximum atomic E-state index is 12.6. The van der Waals surface area contributed by atoms with E-state index < -0.39 is 10.0 Å². The second-order valence-corrected chi connectivity index (χ2v) is 8.79. The first kappa shape index (κ1) is 18.7. The number of hydrogen-bond acceptors (Lipinski definition) is 3. The standard InChI is InChI=1S/C19H21ClN2O3S/c1-14-6-2-3-7-15(14)13-21-19(23)17-12-16(8-9-18(17)20)22-10-4-5-11-26(22,24)25/h2-3,6-9,12H,4-5,10-11,13H2,1H3,(H,21,23). The Labute approximate surface area is 159 Å². The van der Waals surface area contributed by atoms with E-state index in [0.29, 0.717) is 30.2 Å². The minimum atomic E-state index is -3.33. The molecule has 2 aromatic rings. The van der Waals surface area contributed by atoms with E-state index >= 15 is 0 Å². The van der Waals surface area contributed by atoms with Gasteiger partial charge in [0.1, 0.15) is 0 Å². The second kappa shape index (κ2) is 7.68. The summed E-state index contributed by atoms with van der Waals surface area (Å²) in [5, 5.41) is 3.15. The van der Waals surface area contributed by atoms with Gasteiger partial charge in [-0.05, 0) is 49.1 Å². The summed E-state index contributed by atoms with van der Waals surface area (Å²) in [6.07, 6.45) is 1.47. The van der Waals surface area contributed by atoms with Gasteiger partial charge in [-0.2, -0.15) is 0 Å². The van der Waals surface area contributed by atoms with Crippen molar-refractivity contribution in [3.8, 4) is 0 Å². The molecule has 0 radical (unpaired) electrons. The number of sulfonamides is 1. The Morgan fingerprint density at radius 2 is 1.96 bits per heavy atom. The monoisotopic (exact) mass is 392 g/mol. The molecule has 138 valence electrons. The lowest BCUT2D eigenvalue weighted by Gasteiger charge is -2.28. The van der Waals surface area contributed by atoms with E-state index in [-0.39, 0.29) is 17.2 Å². The Bertz CT molecular complexity index is 928. The summed E-state index contributed by atoms with van der Waals surface area (Å²) >= 11 is 6.19. The normalized spacial score (nSPS) is 16.3. The number of halogens is 1. The molecule has 3 rings (SSSR count). The van der Waals surface area contributed by atoms with Crippen LogP contribution in [0.3, 0.4) is 0 Å². The molecular weight excluding hydrogens is 372 g/mol. The molecule has 1 aliphatic heterocycles. The van der Waals surface area contributed by atoms with Crippen LogP contribution < -0.4 is 9.62 Å². The summed E-state index contributed by atoms with van der Waals surface area (Å²) in [7, 11) is -3.33. The van der Waals surface area contributed by atoms with Crippen molar-refractivity contribution >= 4 is 33.2 Å². The van der Waals surface area contributed by atoms with Crippen LogP contribution in [0.25, 0.3) is 0 Å². The molecule has 26 heavy (non-hydrogen) atoms. The van der Waals surface area contributed by atoms with Crippen LogP contribution in [0.4, 0.5) is 5.69 Å². The topological polar surface area (TPSA) is 66.5 Å². The van der Waals surface area contributed by atoms with Gasteiger partial charge < -0.3 is 5.32 Å². The number of nitrogens with one attached hydrogen (secondary N) is 1. The minimum Gasteiger partial charge on any atom is -0.348 e. The van der Waals surface area contributed by atoms with Gasteiger partial charge in [-0.1, -0.05) is 35.9 Å². The number of aryl methyl sites for hydroxylation is 1. The van der Waals surface area contributed by atoms with Crippen molar-refractivity contribution in [3.63, 3.8) is 0 Å². The Kier molecular flexibility index (Phi) is 5.53. The van der Waals surface area contributed by atoms with Crippen LogP contribution in [0.1, 0.15) is 34.3 Å². The highest BCUT2D eigenvalue weighted by Gasteiger charge is 2.27. The van der Waals surface area contributed by atoms with Crippen molar-refractivity contribution in [2.24, 2.45) is 0 Å². The SMILES string of the molecule is Cc1ccccc1CNC(=O)c1cc(N2CCCCS2(=O)=O)ccc1Cl. The van der Waals surface area contributed by atoms with Gasteiger partial charge in [0.15, 0.2) is 0 Å². The number of carbonyl (C=O) groups is 1. The summed E-state index contributed by atoms with van der Waals surface area (Å²) in [5.41, 5.74) is 2.87. The highest BCUT2D eigenvalue weighted by Crippen LogP contribution is 2.28. The maximum Gasteiger partial charge on any atom is 0.253 e. The van der Waals surface area contributed by atoms with Crippen molar-refractivity contribution in [2.75, 3.05) is 16.6 Å². The summed E-state index contributed by atoms with van der Waals surface area (Å²) in [6.45, 7) is 2.79. The number of carbonyl (C=O) groups excluding carboxylic acids is 1. The van der Waals surface area contributed by atoms with E-state index in [9.17, 15) is 13.2 Å². The zero-order chi connectivity index (χ0) is 18.7. The number of anilines is 1. The molecule has 0 bridgehead atoms. The lowest BCUT2D eigenvalue weighted by Crippen LogP contribution is -2.38. The molecule has 0 atom stereocenters. The Hall–Kier alpha value is -2.05. The quantitative estimate of drug-likeness (QED) is 0.865. The molecule has 2 aromatic carbocycles. The third-order valence-corrected chi connectivity index (χ3v) is 6.73. The predicted octanol–water partition coefficient (Wildman–Crippen LogP) is 3.51. The molecule has 7 heteroatoms. The van der Waals surface area contributed by atoms with Crippen LogP contribution >= 0.6 is 11.6 Å². The summed E-state index contributed by atoms with van der Waals surface area (Å²) in [4.78, 5) is 12.6.